The Labute approximate surface area is 85.7 Å². The number of amides is 1. The average Bonchev–Trinajstić information content (AvgIpc) is 3.01. The first kappa shape index (κ1) is 11.0. The third-order valence-corrected chi connectivity index (χ3v) is 3.02. The van der Waals surface area contributed by atoms with Crippen LogP contribution in [0.5, 0.6) is 0 Å². The van der Waals surface area contributed by atoms with Crippen LogP contribution in [0.15, 0.2) is 0 Å². The van der Waals surface area contributed by atoms with Gasteiger partial charge in [-0.25, -0.2) is 0 Å². The Morgan fingerprint density at radius 3 is 2.43 bits per heavy atom. The fraction of sp³-hybridized carbons (Fsp3) is 0.818. The van der Waals surface area contributed by atoms with Crippen molar-refractivity contribution in [2.24, 2.45) is 5.41 Å². The minimum absolute atomic E-state index is 0.00694. The Bertz CT molecular complexity index is 265. The van der Waals surface area contributed by atoms with E-state index in [4.69, 9.17) is 5.26 Å². The van der Waals surface area contributed by atoms with Gasteiger partial charge in [0.2, 0.25) is 5.91 Å². The summed E-state index contributed by atoms with van der Waals surface area (Å²) in [6.07, 6.45) is 2.79. The minimum Gasteiger partial charge on any atom is -0.339 e. The van der Waals surface area contributed by atoms with E-state index in [0.29, 0.717) is 12.5 Å². The van der Waals surface area contributed by atoms with Gasteiger partial charge in [0, 0.05) is 12.6 Å². The molecule has 0 aliphatic heterocycles. The van der Waals surface area contributed by atoms with Gasteiger partial charge in [-0.2, -0.15) is 5.26 Å². The van der Waals surface area contributed by atoms with Crippen molar-refractivity contribution >= 4 is 5.91 Å². The van der Waals surface area contributed by atoms with Crippen LogP contribution >= 0.6 is 0 Å². The summed E-state index contributed by atoms with van der Waals surface area (Å²) in [6.45, 7) is 6.33. The lowest BCUT2D eigenvalue weighted by Crippen LogP contribution is -2.42. The summed E-state index contributed by atoms with van der Waals surface area (Å²) in [5.74, 6) is 0.00694. The van der Waals surface area contributed by atoms with Gasteiger partial charge >= 0.3 is 0 Å². The van der Waals surface area contributed by atoms with Crippen molar-refractivity contribution < 1.29 is 4.79 Å². The van der Waals surface area contributed by atoms with Gasteiger partial charge in [-0.3, -0.25) is 4.79 Å². The predicted molar refractivity (Wildman–Crippen MR) is 54.4 cm³/mol. The molecule has 0 radical (unpaired) electrons. The number of hydrogen-bond acceptors (Lipinski definition) is 2. The van der Waals surface area contributed by atoms with Gasteiger partial charge in [-0.05, 0) is 33.1 Å². The number of nitriles is 1. The van der Waals surface area contributed by atoms with E-state index >= 15 is 0 Å². The first-order valence-electron chi connectivity index (χ1n) is 5.31. The zero-order chi connectivity index (χ0) is 10.8. The van der Waals surface area contributed by atoms with Gasteiger partial charge in [0.15, 0.2) is 0 Å². The zero-order valence-corrected chi connectivity index (χ0v) is 9.21. The first-order chi connectivity index (χ1) is 6.59. The zero-order valence-electron chi connectivity index (χ0n) is 9.21. The van der Waals surface area contributed by atoms with Gasteiger partial charge in [0.05, 0.1) is 6.07 Å². The van der Waals surface area contributed by atoms with E-state index in [1.807, 2.05) is 18.7 Å². The van der Waals surface area contributed by atoms with Crippen LogP contribution in [0.4, 0.5) is 0 Å². The second-order valence-electron chi connectivity index (χ2n) is 4.12. The topological polar surface area (TPSA) is 44.1 Å². The fourth-order valence-corrected chi connectivity index (χ4v) is 1.55. The molecule has 1 atom stereocenters. The Balaban J connectivity index is 2.75. The third kappa shape index (κ3) is 1.89. The van der Waals surface area contributed by atoms with Crippen molar-refractivity contribution in [1.82, 2.24) is 4.90 Å². The quantitative estimate of drug-likeness (QED) is 0.686. The van der Waals surface area contributed by atoms with Crippen LogP contribution < -0.4 is 0 Å². The highest BCUT2D eigenvalue weighted by Gasteiger charge is 2.40. The van der Waals surface area contributed by atoms with Crippen LogP contribution in [0, 0.1) is 16.7 Å². The molecule has 3 heteroatoms. The van der Waals surface area contributed by atoms with Gasteiger partial charge in [0.1, 0.15) is 5.41 Å². The van der Waals surface area contributed by atoms with E-state index in [0.717, 1.165) is 19.4 Å². The van der Waals surface area contributed by atoms with Crippen molar-refractivity contribution in [3.05, 3.63) is 0 Å². The lowest BCUT2D eigenvalue weighted by Gasteiger charge is -2.28. The molecule has 0 N–H and O–H groups in total. The molecule has 0 aromatic heterocycles. The lowest BCUT2D eigenvalue weighted by atomic mass is 9.87. The highest BCUT2D eigenvalue weighted by molar-refractivity contribution is 5.85. The van der Waals surface area contributed by atoms with Crippen molar-refractivity contribution in [3.8, 4) is 6.07 Å². The Hall–Kier alpha value is -1.04. The molecule has 0 aromatic carbocycles. The molecule has 1 aliphatic carbocycles. The SMILES string of the molecule is CCN(C(=O)C(C)(C#N)CC)C1CC1. The van der Waals surface area contributed by atoms with E-state index in [-0.39, 0.29) is 5.91 Å². The van der Waals surface area contributed by atoms with Crippen LogP contribution in [0.3, 0.4) is 0 Å². The Morgan fingerprint density at radius 2 is 2.14 bits per heavy atom. The Kier molecular flexibility index (Phi) is 3.15. The summed E-state index contributed by atoms with van der Waals surface area (Å²) in [5.41, 5.74) is -0.821. The monoisotopic (exact) mass is 194 g/mol. The molecular weight excluding hydrogens is 176 g/mol. The highest BCUT2D eigenvalue weighted by Crippen LogP contribution is 2.32. The van der Waals surface area contributed by atoms with E-state index < -0.39 is 5.41 Å². The molecule has 0 aromatic rings. The number of nitrogens with zero attached hydrogens (tertiary/aromatic N) is 2. The first-order valence-corrected chi connectivity index (χ1v) is 5.31. The smallest absolute Gasteiger partial charge is 0.242 e. The summed E-state index contributed by atoms with van der Waals surface area (Å²) in [5, 5.41) is 9.00. The molecule has 78 valence electrons. The molecule has 14 heavy (non-hydrogen) atoms. The van der Waals surface area contributed by atoms with Gasteiger partial charge < -0.3 is 4.90 Å². The molecule has 0 heterocycles. The van der Waals surface area contributed by atoms with Crippen molar-refractivity contribution in [1.29, 1.82) is 5.26 Å². The summed E-state index contributed by atoms with van der Waals surface area (Å²) in [4.78, 5) is 13.9. The summed E-state index contributed by atoms with van der Waals surface area (Å²) >= 11 is 0. The van der Waals surface area contributed by atoms with Crippen LogP contribution in [0.1, 0.15) is 40.0 Å². The van der Waals surface area contributed by atoms with Crippen molar-refractivity contribution in [2.75, 3.05) is 6.54 Å². The summed E-state index contributed by atoms with van der Waals surface area (Å²) in [7, 11) is 0. The predicted octanol–water partition coefficient (Wildman–Crippen LogP) is 1.94. The number of carbonyl (C=O) groups excluding carboxylic acids is 1. The van der Waals surface area contributed by atoms with E-state index in [9.17, 15) is 4.79 Å². The maximum atomic E-state index is 12.0. The molecule has 0 spiro atoms. The highest BCUT2D eigenvalue weighted by atomic mass is 16.2. The molecule has 3 nitrogen and oxygen atoms in total. The molecule has 1 aliphatic rings. The molecule has 1 unspecified atom stereocenters. The lowest BCUT2D eigenvalue weighted by molar-refractivity contribution is -0.138. The van der Waals surface area contributed by atoms with Crippen LogP contribution in [0.2, 0.25) is 0 Å². The number of rotatable bonds is 4. The van der Waals surface area contributed by atoms with Gasteiger partial charge in [-0.1, -0.05) is 6.92 Å². The van der Waals surface area contributed by atoms with Gasteiger partial charge in [0.25, 0.3) is 0 Å². The average molecular weight is 194 g/mol. The van der Waals surface area contributed by atoms with Gasteiger partial charge in [-0.15, -0.1) is 0 Å². The van der Waals surface area contributed by atoms with E-state index in [1.54, 1.807) is 6.92 Å². The number of hydrogen-bond donors (Lipinski definition) is 0. The molecule has 1 saturated carbocycles. The van der Waals surface area contributed by atoms with Crippen molar-refractivity contribution in [3.63, 3.8) is 0 Å². The van der Waals surface area contributed by atoms with Crippen LogP contribution in [-0.4, -0.2) is 23.4 Å². The number of carbonyl (C=O) groups is 1. The van der Waals surface area contributed by atoms with Crippen LogP contribution in [0.25, 0.3) is 0 Å². The van der Waals surface area contributed by atoms with E-state index in [1.165, 1.54) is 0 Å². The fourth-order valence-electron chi connectivity index (χ4n) is 1.55. The second kappa shape index (κ2) is 4.00. The Morgan fingerprint density at radius 1 is 1.57 bits per heavy atom. The minimum atomic E-state index is -0.821. The standard InChI is InChI=1S/C11H18N2O/c1-4-11(3,8-12)10(14)13(5-2)9-6-7-9/h9H,4-7H2,1-3H3. The normalized spacial score (nSPS) is 19.6. The molecule has 0 bridgehead atoms. The second-order valence-corrected chi connectivity index (χ2v) is 4.12. The largest absolute Gasteiger partial charge is 0.339 e. The maximum Gasteiger partial charge on any atom is 0.242 e. The molecule has 1 fully saturated rings. The molecule has 1 rings (SSSR count). The van der Waals surface area contributed by atoms with E-state index in [2.05, 4.69) is 6.07 Å². The summed E-state index contributed by atoms with van der Waals surface area (Å²) < 4.78 is 0. The van der Waals surface area contributed by atoms with Crippen molar-refractivity contribution in [2.45, 2.75) is 46.1 Å². The van der Waals surface area contributed by atoms with Crippen LogP contribution in [-0.2, 0) is 4.79 Å². The maximum absolute atomic E-state index is 12.0. The molecule has 0 saturated heterocycles. The molecule has 1 amide bonds. The summed E-state index contributed by atoms with van der Waals surface area (Å²) in [6, 6.07) is 2.54. The third-order valence-electron chi connectivity index (χ3n) is 3.02. The molecular formula is C11H18N2O.